The molecule has 19 heavy (non-hydrogen) atoms. The summed E-state index contributed by atoms with van der Waals surface area (Å²) in [5.41, 5.74) is 9.67. The maximum atomic E-state index is 5.65. The number of ether oxygens (including phenoxy) is 1. The van der Waals surface area contributed by atoms with Crippen LogP contribution in [0, 0.1) is 6.92 Å². The molecule has 0 aliphatic carbocycles. The third kappa shape index (κ3) is 2.11. The highest BCUT2D eigenvalue weighted by atomic mass is 16.5. The van der Waals surface area contributed by atoms with Gasteiger partial charge in [-0.15, -0.1) is 0 Å². The Balaban J connectivity index is 2.05. The van der Waals surface area contributed by atoms with E-state index in [4.69, 9.17) is 10.5 Å². The van der Waals surface area contributed by atoms with Crippen LogP contribution in [0.2, 0.25) is 0 Å². The molecule has 0 saturated carbocycles. The smallest absolute Gasteiger partial charge is 0.119 e. The average molecular weight is 259 g/mol. The molecule has 2 aromatic rings. The quantitative estimate of drug-likeness (QED) is 0.913. The molecule has 0 atom stereocenters. The van der Waals surface area contributed by atoms with E-state index in [9.17, 15) is 0 Å². The van der Waals surface area contributed by atoms with E-state index < -0.39 is 0 Å². The molecule has 4 nitrogen and oxygen atoms in total. The second-order valence-corrected chi connectivity index (χ2v) is 5.23. The van der Waals surface area contributed by atoms with Crippen LogP contribution in [-0.4, -0.2) is 36.2 Å². The van der Waals surface area contributed by atoms with Crippen LogP contribution in [0.5, 0.6) is 5.75 Å². The minimum absolute atomic E-state index is 0.729. The lowest BCUT2D eigenvalue weighted by molar-refractivity contribution is 0.229. The van der Waals surface area contributed by atoms with E-state index in [1.807, 2.05) is 0 Å². The fraction of sp³-hybridized carbons (Fsp3) is 0.467. The maximum Gasteiger partial charge on any atom is 0.119 e. The van der Waals surface area contributed by atoms with Crippen molar-refractivity contribution in [3.63, 3.8) is 0 Å². The van der Waals surface area contributed by atoms with Gasteiger partial charge < -0.3 is 15.0 Å². The molecule has 1 aliphatic rings. The molecule has 0 radical (unpaired) electrons. The van der Waals surface area contributed by atoms with Gasteiger partial charge in [-0.3, -0.25) is 4.90 Å². The van der Waals surface area contributed by atoms with E-state index in [-0.39, 0.29) is 0 Å². The van der Waals surface area contributed by atoms with Gasteiger partial charge in [0.2, 0.25) is 0 Å². The number of nitrogens with zero attached hydrogens (tertiary/aromatic N) is 2. The Morgan fingerprint density at radius 3 is 2.84 bits per heavy atom. The Morgan fingerprint density at radius 2 is 2.11 bits per heavy atom. The lowest BCUT2D eigenvalue weighted by Gasteiger charge is -2.28. The fourth-order valence-electron chi connectivity index (χ4n) is 3.08. The number of aryl methyl sites for hydroxylation is 1. The molecule has 1 aromatic heterocycles. The van der Waals surface area contributed by atoms with Gasteiger partial charge >= 0.3 is 0 Å². The summed E-state index contributed by atoms with van der Waals surface area (Å²) >= 11 is 0. The molecule has 0 saturated heterocycles. The van der Waals surface area contributed by atoms with Crippen molar-refractivity contribution >= 4 is 10.9 Å². The van der Waals surface area contributed by atoms with Crippen molar-refractivity contribution in [1.29, 1.82) is 0 Å². The summed E-state index contributed by atoms with van der Waals surface area (Å²) in [5.74, 6) is 0.937. The Morgan fingerprint density at radius 1 is 1.26 bits per heavy atom. The average Bonchev–Trinajstić information content (AvgIpc) is 2.76. The van der Waals surface area contributed by atoms with Crippen LogP contribution in [0.4, 0.5) is 0 Å². The largest absolute Gasteiger partial charge is 0.497 e. The van der Waals surface area contributed by atoms with Crippen LogP contribution in [0.25, 0.3) is 10.9 Å². The van der Waals surface area contributed by atoms with Crippen molar-refractivity contribution in [2.75, 3.05) is 26.7 Å². The van der Waals surface area contributed by atoms with Gasteiger partial charge in [0, 0.05) is 43.8 Å². The summed E-state index contributed by atoms with van der Waals surface area (Å²) in [6, 6.07) is 6.52. The summed E-state index contributed by atoms with van der Waals surface area (Å²) in [6.07, 6.45) is 0. The number of benzene rings is 1. The minimum atomic E-state index is 0.729. The molecular weight excluding hydrogens is 238 g/mol. The zero-order valence-corrected chi connectivity index (χ0v) is 11.6. The van der Waals surface area contributed by atoms with E-state index >= 15 is 0 Å². The lowest BCUT2D eigenvalue weighted by atomic mass is 10.1. The predicted octanol–water partition coefficient (Wildman–Crippen LogP) is 1.73. The highest BCUT2D eigenvalue weighted by Crippen LogP contribution is 2.30. The van der Waals surface area contributed by atoms with Crippen LogP contribution in [0.1, 0.15) is 11.3 Å². The Kier molecular flexibility index (Phi) is 3.21. The van der Waals surface area contributed by atoms with E-state index in [1.54, 1.807) is 7.11 Å². The molecule has 2 heterocycles. The number of aromatic nitrogens is 1. The standard InChI is InChI=1S/C15H21N3O/c1-11-7-14(19-2)9-12-8-13-10-17(4-3-16)5-6-18(13)15(11)12/h7-9H,3-6,10,16H2,1-2H3. The van der Waals surface area contributed by atoms with E-state index in [0.29, 0.717) is 0 Å². The first-order valence-electron chi connectivity index (χ1n) is 6.82. The molecular formula is C15H21N3O. The normalized spacial score (nSPS) is 15.7. The van der Waals surface area contributed by atoms with Crippen molar-refractivity contribution in [1.82, 2.24) is 9.47 Å². The summed E-state index contributed by atoms with van der Waals surface area (Å²) in [7, 11) is 1.72. The third-order valence-corrected chi connectivity index (χ3v) is 3.95. The van der Waals surface area contributed by atoms with Crippen LogP contribution in [0.3, 0.4) is 0 Å². The Labute approximate surface area is 113 Å². The highest BCUT2D eigenvalue weighted by Gasteiger charge is 2.19. The zero-order chi connectivity index (χ0) is 13.4. The molecule has 0 fully saturated rings. The van der Waals surface area contributed by atoms with Crippen molar-refractivity contribution in [3.05, 3.63) is 29.5 Å². The van der Waals surface area contributed by atoms with Gasteiger partial charge in [0.25, 0.3) is 0 Å². The monoisotopic (exact) mass is 259 g/mol. The Hall–Kier alpha value is -1.52. The molecule has 0 amide bonds. The number of fused-ring (bicyclic) bond motifs is 3. The minimum Gasteiger partial charge on any atom is -0.497 e. The van der Waals surface area contributed by atoms with E-state index in [0.717, 1.165) is 38.5 Å². The van der Waals surface area contributed by atoms with Crippen LogP contribution in [-0.2, 0) is 13.1 Å². The van der Waals surface area contributed by atoms with Gasteiger partial charge in [-0.2, -0.15) is 0 Å². The van der Waals surface area contributed by atoms with Crippen LogP contribution < -0.4 is 10.5 Å². The summed E-state index contributed by atoms with van der Waals surface area (Å²) in [4.78, 5) is 2.42. The fourth-order valence-corrected chi connectivity index (χ4v) is 3.08. The molecule has 0 bridgehead atoms. The molecule has 1 aliphatic heterocycles. The SMILES string of the molecule is COc1cc(C)c2c(c1)cc1n2CCN(CCN)C1. The molecule has 3 rings (SSSR count). The van der Waals surface area contributed by atoms with E-state index in [2.05, 4.69) is 34.6 Å². The second kappa shape index (κ2) is 4.87. The van der Waals surface area contributed by atoms with E-state index in [1.165, 1.54) is 22.2 Å². The second-order valence-electron chi connectivity index (χ2n) is 5.23. The number of hydrogen-bond acceptors (Lipinski definition) is 3. The third-order valence-electron chi connectivity index (χ3n) is 3.95. The van der Waals surface area contributed by atoms with Crippen molar-refractivity contribution in [3.8, 4) is 5.75 Å². The summed E-state index contributed by atoms with van der Waals surface area (Å²) in [5, 5.41) is 1.28. The van der Waals surface area contributed by atoms with Gasteiger partial charge in [-0.05, 0) is 30.7 Å². The molecule has 102 valence electrons. The number of rotatable bonds is 3. The number of hydrogen-bond donors (Lipinski definition) is 1. The topological polar surface area (TPSA) is 43.4 Å². The predicted molar refractivity (Wildman–Crippen MR) is 77.6 cm³/mol. The van der Waals surface area contributed by atoms with Crippen molar-refractivity contribution in [2.24, 2.45) is 5.73 Å². The summed E-state index contributed by atoms with van der Waals surface area (Å²) in [6.45, 7) is 6.99. The number of nitrogens with two attached hydrogens (primary N) is 1. The van der Waals surface area contributed by atoms with Crippen LogP contribution in [0.15, 0.2) is 18.2 Å². The molecule has 1 aromatic carbocycles. The molecule has 4 heteroatoms. The van der Waals surface area contributed by atoms with Crippen LogP contribution >= 0.6 is 0 Å². The molecule has 2 N–H and O–H groups in total. The highest BCUT2D eigenvalue weighted by molar-refractivity contribution is 5.86. The van der Waals surface area contributed by atoms with Gasteiger partial charge in [0.15, 0.2) is 0 Å². The van der Waals surface area contributed by atoms with Gasteiger partial charge in [-0.25, -0.2) is 0 Å². The van der Waals surface area contributed by atoms with Gasteiger partial charge in [0.1, 0.15) is 5.75 Å². The summed E-state index contributed by atoms with van der Waals surface area (Å²) < 4.78 is 7.80. The maximum absolute atomic E-state index is 5.65. The van der Waals surface area contributed by atoms with Gasteiger partial charge in [-0.1, -0.05) is 0 Å². The first-order chi connectivity index (χ1) is 9.22. The number of methoxy groups -OCH3 is 1. The lowest BCUT2D eigenvalue weighted by Crippen LogP contribution is -2.36. The first-order valence-corrected chi connectivity index (χ1v) is 6.82. The van der Waals surface area contributed by atoms with Crippen molar-refractivity contribution < 1.29 is 4.74 Å². The molecule has 0 spiro atoms. The Bertz CT molecular complexity index is 603. The first kappa shape index (κ1) is 12.5. The zero-order valence-electron chi connectivity index (χ0n) is 11.6. The molecule has 0 unspecified atom stereocenters. The van der Waals surface area contributed by atoms with Crippen molar-refractivity contribution in [2.45, 2.75) is 20.0 Å². The van der Waals surface area contributed by atoms with Gasteiger partial charge in [0.05, 0.1) is 12.6 Å².